The van der Waals surface area contributed by atoms with E-state index in [-0.39, 0.29) is 42.9 Å². The Bertz CT molecular complexity index is 848. The van der Waals surface area contributed by atoms with E-state index in [0.717, 1.165) is 0 Å². The van der Waals surface area contributed by atoms with Crippen molar-refractivity contribution >= 4 is 22.8 Å². The molecule has 2 aromatic rings. The number of benzene rings is 1. The van der Waals surface area contributed by atoms with Gasteiger partial charge in [0.1, 0.15) is 12.3 Å². The number of amides is 2. The van der Waals surface area contributed by atoms with Gasteiger partial charge in [0.25, 0.3) is 5.56 Å². The SMILES string of the molecule is CN1CC(CNC(=O)CCc2nc3ccccc3[nH]c2=O)OCC1=O. The van der Waals surface area contributed by atoms with E-state index >= 15 is 0 Å². The Balaban J connectivity index is 1.51. The van der Waals surface area contributed by atoms with Gasteiger partial charge in [0.05, 0.1) is 17.1 Å². The van der Waals surface area contributed by atoms with Crippen LogP contribution in [0.1, 0.15) is 12.1 Å². The number of aryl methyl sites for hydroxylation is 1. The number of para-hydroxylation sites is 2. The van der Waals surface area contributed by atoms with Crippen LogP contribution in [0.5, 0.6) is 0 Å². The van der Waals surface area contributed by atoms with Gasteiger partial charge in [0, 0.05) is 33.0 Å². The molecular weight excluding hydrogens is 324 g/mol. The molecule has 25 heavy (non-hydrogen) atoms. The molecule has 1 aromatic carbocycles. The second kappa shape index (κ2) is 7.43. The highest BCUT2D eigenvalue weighted by atomic mass is 16.5. The lowest BCUT2D eigenvalue weighted by Crippen LogP contribution is -2.48. The van der Waals surface area contributed by atoms with Gasteiger partial charge in [-0.1, -0.05) is 12.1 Å². The Morgan fingerprint density at radius 2 is 2.20 bits per heavy atom. The number of rotatable bonds is 5. The summed E-state index contributed by atoms with van der Waals surface area (Å²) < 4.78 is 5.37. The Morgan fingerprint density at radius 3 is 3.00 bits per heavy atom. The topological polar surface area (TPSA) is 104 Å². The molecule has 3 rings (SSSR count). The lowest BCUT2D eigenvalue weighted by atomic mass is 10.2. The minimum atomic E-state index is -0.276. The van der Waals surface area contributed by atoms with E-state index in [1.165, 1.54) is 0 Å². The van der Waals surface area contributed by atoms with Crippen LogP contribution in [0.15, 0.2) is 29.1 Å². The lowest BCUT2D eigenvalue weighted by molar-refractivity contribution is -0.146. The van der Waals surface area contributed by atoms with Gasteiger partial charge in [-0.3, -0.25) is 14.4 Å². The molecule has 1 atom stereocenters. The zero-order valence-electron chi connectivity index (χ0n) is 13.9. The minimum absolute atomic E-state index is 0.0351. The molecule has 0 saturated carbocycles. The first-order valence-electron chi connectivity index (χ1n) is 8.13. The molecule has 2 heterocycles. The first-order valence-corrected chi connectivity index (χ1v) is 8.13. The number of nitrogens with one attached hydrogen (secondary N) is 2. The first-order chi connectivity index (χ1) is 12.0. The summed E-state index contributed by atoms with van der Waals surface area (Å²) in [6.45, 7) is 0.816. The van der Waals surface area contributed by atoms with Crippen molar-refractivity contribution in [1.29, 1.82) is 0 Å². The van der Waals surface area contributed by atoms with Crippen LogP contribution in [-0.4, -0.2) is 59.5 Å². The molecule has 132 valence electrons. The fourth-order valence-electron chi connectivity index (χ4n) is 2.67. The predicted octanol–water partition coefficient (Wildman–Crippen LogP) is -0.171. The van der Waals surface area contributed by atoms with Crippen LogP contribution in [0.3, 0.4) is 0 Å². The molecule has 0 radical (unpaired) electrons. The largest absolute Gasteiger partial charge is 0.365 e. The second-order valence-electron chi connectivity index (χ2n) is 6.04. The van der Waals surface area contributed by atoms with Gasteiger partial charge in [0.2, 0.25) is 11.8 Å². The maximum Gasteiger partial charge on any atom is 0.270 e. The van der Waals surface area contributed by atoms with Crippen molar-refractivity contribution < 1.29 is 14.3 Å². The van der Waals surface area contributed by atoms with Crippen molar-refractivity contribution in [3.63, 3.8) is 0 Å². The standard InChI is InChI=1S/C17H20N4O4/c1-21-9-11(25-10-16(21)23)8-18-15(22)7-6-14-17(24)20-13-5-3-2-4-12(13)19-14/h2-5,11H,6-10H2,1H3,(H,18,22)(H,20,24). The van der Waals surface area contributed by atoms with Gasteiger partial charge < -0.3 is 19.9 Å². The van der Waals surface area contributed by atoms with Gasteiger partial charge in [-0.25, -0.2) is 4.98 Å². The Kier molecular flexibility index (Phi) is 5.08. The first kappa shape index (κ1) is 17.1. The van der Waals surface area contributed by atoms with Crippen LogP contribution >= 0.6 is 0 Å². The van der Waals surface area contributed by atoms with Crippen molar-refractivity contribution in [2.75, 3.05) is 26.7 Å². The predicted molar refractivity (Wildman–Crippen MR) is 91.1 cm³/mol. The second-order valence-corrected chi connectivity index (χ2v) is 6.04. The maximum absolute atomic E-state index is 12.0. The molecule has 2 amide bonds. The minimum Gasteiger partial charge on any atom is -0.365 e. The van der Waals surface area contributed by atoms with Crippen LogP contribution in [0.2, 0.25) is 0 Å². The summed E-state index contributed by atoms with van der Waals surface area (Å²) in [7, 11) is 1.71. The Morgan fingerprint density at radius 1 is 1.40 bits per heavy atom. The van der Waals surface area contributed by atoms with Gasteiger partial charge >= 0.3 is 0 Å². The molecule has 0 bridgehead atoms. The molecule has 1 saturated heterocycles. The summed E-state index contributed by atoms with van der Waals surface area (Å²) in [4.78, 5) is 44.0. The molecule has 0 aliphatic carbocycles. The van der Waals surface area contributed by atoms with Crippen LogP contribution in [0.4, 0.5) is 0 Å². The van der Waals surface area contributed by atoms with Crippen molar-refractivity contribution in [1.82, 2.24) is 20.2 Å². The van der Waals surface area contributed by atoms with E-state index in [9.17, 15) is 14.4 Å². The highest BCUT2D eigenvalue weighted by Gasteiger charge is 2.23. The zero-order valence-corrected chi connectivity index (χ0v) is 13.9. The molecule has 1 aliphatic rings. The average Bonchev–Trinajstić information content (AvgIpc) is 2.61. The van der Waals surface area contributed by atoms with Crippen molar-refractivity contribution in [3.05, 3.63) is 40.3 Å². The number of likely N-dealkylation sites (N-methyl/N-ethyl adjacent to an activating group) is 1. The summed E-state index contributed by atoms with van der Waals surface area (Å²) in [6.07, 6.45) is 0.208. The van der Waals surface area contributed by atoms with Gasteiger partial charge in [-0.2, -0.15) is 0 Å². The number of hydrogen-bond acceptors (Lipinski definition) is 5. The number of hydrogen-bond donors (Lipinski definition) is 2. The number of aromatic amines is 1. The van der Waals surface area contributed by atoms with Crippen LogP contribution in [0.25, 0.3) is 11.0 Å². The van der Waals surface area contributed by atoms with E-state index in [0.29, 0.717) is 29.8 Å². The number of aromatic nitrogens is 2. The third-order valence-electron chi connectivity index (χ3n) is 4.13. The molecule has 2 N–H and O–H groups in total. The fraction of sp³-hybridized carbons (Fsp3) is 0.412. The number of ether oxygens (including phenoxy) is 1. The molecule has 1 fully saturated rings. The molecule has 0 spiro atoms. The molecule has 1 aliphatic heterocycles. The summed E-state index contributed by atoms with van der Waals surface area (Å²) >= 11 is 0. The zero-order chi connectivity index (χ0) is 17.8. The highest BCUT2D eigenvalue weighted by molar-refractivity contribution is 5.78. The van der Waals surface area contributed by atoms with E-state index in [1.807, 2.05) is 18.2 Å². The van der Waals surface area contributed by atoms with Crippen molar-refractivity contribution in [2.45, 2.75) is 18.9 Å². The number of morpholine rings is 1. The van der Waals surface area contributed by atoms with Gasteiger partial charge in [0.15, 0.2) is 0 Å². The number of H-pyrrole nitrogens is 1. The lowest BCUT2D eigenvalue weighted by Gasteiger charge is -2.29. The molecule has 1 aromatic heterocycles. The van der Waals surface area contributed by atoms with E-state index in [4.69, 9.17) is 4.74 Å². The van der Waals surface area contributed by atoms with Crippen LogP contribution in [0, 0.1) is 0 Å². The highest BCUT2D eigenvalue weighted by Crippen LogP contribution is 2.07. The number of fused-ring (bicyclic) bond motifs is 1. The van der Waals surface area contributed by atoms with E-state index in [2.05, 4.69) is 15.3 Å². The number of carbonyl (C=O) groups is 2. The van der Waals surface area contributed by atoms with Crippen LogP contribution < -0.4 is 10.9 Å². The molecule has 8 nitrogen and oxygen atoms in total. The van der Waals surface area contributed by atoms with E-state index in [1.54, 1.807) is 18.0 Å². The number of carbonyl (C=O) groups excluding carboxylic acids is 2. The normalized spacial score (nSPS) is 17.7. The van der Waals surface area contributed by atoms with Crippen molar-refractivity contribution in [3.8, 4) is 0 Å². The van der Waals surface area contributed by atoms with Gasteiger partial charge in [-0.05, 0) is 12.1 Å². The third kappa shape index (κ3) is 4.21. The smallest absolute Gasteiger partial charge is 0.270 e. The monoisotopic (exact) mass is 344 g/mol. The maximum atomic E-state index is 12.0. The third-order valence-corrected chi connectivity index (χ3v) is 4.13. The summed E-state index contributed by atoms with van der Waals surface area (Å²) in [5.41, 5.74) is 1.44. The average molecular weight is 344 g/mol. The summed E-state index contributed by atoms with van der Waals surface area (Å²) in [5.74, 6) is -0.248. The Labute approximate surface area is 144 Å². The molecular formula is C17H20N4O4. The number of nitrogens with zero attached hydrogens (tertiary/aromatic N) is 2. The summed E-state index contributed by atoms with van der Waals surface area (Å²) in [5, 5.41) is 2.77. The van der Waals surface area contributed by atoms with Crippen molar-refractivity contribution in [2.24, 2.45) is 0 Å². The Hall–Kier alpha value is -2.74. The quantitative estimate of drug-likeness (QED) is 0.784. The van der Waals surface area contributed by atoms with Crippen LogP contribution in [-0.2, 0) is 20.7 Å². The molecule has 1 unspecified atom stereocenters. The molecule has 8 heteroatoms. The van der Waals surface area contributed by atoms with Gasteiger partial charge in [-0.15, -0.1) is 0 Å². The summed E-state index contributed by atoms with van der Waals surface area (Å²) in [6, 6.07) is 7.26. The fourth-order valence-corrected chi connectivity index (χ4v) is 2.67. The van der Waals surface area contributed by atoms with E-state index < -0.39 is 0 Å².